The molecule has 166 valence electrons. The number of hydrogen-bond donors (Lipinski definition) is 2. The molecule has 1 aromatic rings. The van der Waals surface area contributed by atoms with Crippen molar-refractivity contribution >= 4 is 11.7 Å². The summed E-state index contributed by atoms with van der Waals surface area (Å²) in [6.07, 6.45) is 15.4. The summed E-state index contributed by atoms with van der Waals surface area (Å²) in [5.74, 6) is -0.282. The van der Waals surface area contributed by atoms with Gasteiger partial charge in [-0.15, -0.1) is 0 Å². The fraction of sp³-hybridized carbons (Fsp3) is 0.720. The second-order valence-electron chi connectivity index (χ2n) is 8.35. The number of carbonyl (C=O) groups is 1. The Morgan fingerprint density at radius 3 is 1.93 bits per heavy atom. The van der Waals surface area contributed by atoms with E-state index in [0.29, 0.717) is 23.8 Å². The molecular weight excluding hydrogens is 360 g/mol. The van der Waals surface area contributed by atoms with Crippen molar-refractivity contribution in [1.82, 2.24) is 5.32 Å². The highest BCUT2D eigenvalue weighted by Crippen LogP contribution is 2.14. The largest absolute Gasteiger partial charge is 0.458 e. The molecule has 0 saturated carbocycles. The second kappa shape index (κ2) is 16.3. The van der Waals surface area contributed by atoms with Crippen LogP contribution < -0.4 is 11.1 Å². The first-order valence-corrected chi connectivity index (χ1v) is 11.9. The van der Waals surface area contributed by atoms with Crippen LogP contribution in [0.1, 0.15) is 108 Å². The first-order chi connectivity index (χ1) is 14.1. The summed E-state index contributed by atoms with van der Waals surface area (Å²) in [5, 5.41) is 3.67. The Labute approximate surface area is 179 Å². The van der Waals surface area contributed by atoms with Gasteiger partial charge in [-0.3, -0.25) is 0 Å². The van der Waals surface area contributed by atoms with E-state index in [4.69, 9.17) is 10.5 Å². The fourth-order valence-electron chi connectivity index (χ4n) is 3.58. The van der Waals surface area contributed by atoms with Gasteiger partial charge in [0.05, 0.1) is 5.56 Å². The van der Waals surface area contributed by atoms with Gasteiger partial charge in [0.25, 0.3) is 0 Å². The second-order valence-corrected chi connectivity index (χ2v) is 8.35. The number of ether oxygens (including phenoxy) is 1. The van der Waals surface area contributed by atoms with Crippen LogP contribution >= 0.6 is 0 Å². The Balaban J connectivity index is 2.37. The number of benzene rings is 1. The molecular formula is C25H44N2O2. The number of nitrogen functional groups attached to an aromatic ring is 1. The molecule has 4 heteroatoms. The first kappa shape index (κ1) is 25.5. The van der Waals surface area contributed by atoms with Gasteiger partial charge in [0.1, 0.15) is 6.10 Å². The maximum Gasteiger partial charge on any atom is 0.338 e. The Bertz CT molecular complexity index is 516. The lowest BCUT2D eigenvalue weighted by molar-refractivity contribution is 0.0335. The van der Waals surface area contributed by atoms with Crippen LogP contribution in [0.5, 0.6) is 0 Å². The molecule has 3 N–H and O–H groups in total. The van der Waals surface area contributed by atoms with Crippen LogP contribution in [0.25, 0.3) is 0 Å². The molecule has 0 aliphatic heterocycles. The van der Waals surface area contributed by atoms with E-state index < -0.39 is 0 Å². The van der Waals surface area contributed by atoms with Gasteiger partial charge in [0, 0.05) is 18.3 Å². The molecule has 1 aromatic carbocycles. The molecule has 0 unspecified atom stereocenters. The van der Waals surface area contributed by atoms with Crippen LogP contribution in [0.2, 0.25) is 0 Å². The van der Waals surface area contributed by atoms with Crippen molar-refractivity contribution in [1.29, 1.82) is 0 Å². The fourth-order valence-corrected chi connectivity index (χ4v) is 3.58. The van der Waals surface area contributed by atoms with Gasteiger partial charge in [0.2, 0.25) is 0 Å². The zero-order valence-corrected chi connectivity index (χ0v) is 19.1. The average molecular weight is 405 g/mol. The standard InChI is InChI=1S/C25H44N2O2/c1-4-6-8-10-12-14-24(15-13-11-9-7-5-2)27-20-21(3)29-25(28)22-16-18-23(26)19-17-22/h16-19,21,24,27H,4-15,20,26H2,1-3H3/t21-/m1/s1. The Morgan fingerprint density at radius 2 is 1.41 bits per heavy atom. The monoisotopic (exact) mass is 404 g/mol. The number of anilines is 1. The molecule has 0 saturated heterocycles. The molecule has 1 atom stereocenters. The molecule has 0 amide bonds. The third-order valence-corrected chi connectivity index (χ3v) is 5.46. The lowest BCUT2D eigenvalue weighted by Crippen LogP contribution is -2.36. The topological polar surface area (TPSA) is 64.3 Å². The highest BCUT2D eigenvalue weighted by Gasteiger charge is 2.14. The molecule has 0 bridgehead atoms. The smallest absolute Gasteiger partial charge is 0.338 e. The summed E-state index contributed by atoms with van der Waals surface area (Å²) < 4.78 is 5.60. The number of nitrogens with two attached hydrogens (primary N) is 1. The van der Waals surface area contributed by atoms with Gasteiger partial charge in [-0.05, 0) is 44.0 Å². The summed E-state index contributed by atoms with van der Waals surface area (Å²) in [6, 6.07) is 7.41. The van der Waals surface area contributed by atoms with Crippen LogP contribution in [0.3, 0.4) is 0 Å². The van der Waals surface area contributed by atoms with Crippen LogP contribution in [-0.4, -0.2) is 24.7 Å². The van der Waals surface area contributed by atoms with E-state index in [2.05, 4.69) is 19.2 Å². The Morgan fingerprint density at radius 1 is 0.897 bits per heavy atom. The van der Waals surface area contributed by atoms with E-state index in [-0.39, 0.29) is 12.1 Å². The molecule has 0 spiro atoms. The quantitative estimate of drug-likeness (QED) is 0.177. The van der Waals surface area contributed by atoms with E-state index in [1.165, 1.54) is 77.0 Å². The normalized spacial score (nSPS) is 12.3. The lowest BCUT2D eigenvalue weighted by atomic mass is 10.0. The van der Waals surface area contributed by atoms with Crippen molar-refractivity contribution in [2.24, 2.45) is 0 Å². The average Bonchev–Trinajstić information content (AvgIpc) is 2.71. The summed E-state index contributed by atoms with van der Waals surface area (Å²) in [5.41, 5.74) is 6.88. The number of esters is 1. The van der Waals surface area contributed by atoms with E-state index >= 15 is 0 Å². The summed E-state index contributed by atoms with van der Waals surface area (Å²) in [4.78, 5) is 12.3. The van der Waals surface area contributed by atoms with Crippen LogP contribution in [0, 0.1) is 0 Å². The van der Waals surface area contributed by atoms with Crippen molar-refractivity contribution < 1.29 is 9.53 Å². The van der Waals surface area contributed by atoms with Gasteiger partial charge in [-0.2, -0.15) is 0 Å². The maximum absolute atomic E-state index is 12.3. The predicted molar refractivity (Wildman–Crippen MR) is 124 cm³/mol. The van der Waals surface area contributed by atoms with Crippen molar-refractivity contribution in [3.63, 3.8) is 0 Å². The Hall–Kier alpha value is -1.55. The summed E-state index contributed by atoms with van der Waals surface area (Å²) in [6.45, 7) is 7.18. The van der Waals surface area contributed by atoms with Crippen molar-refractivity contribution in [2.45, 2.75) is 110 Å². The van der Waals surface area contributed by atoms with Crippen molar-refractivity contribution in [3.05, 3.63) is 29.8 Å². The van der Waals surface area contributed by atoms with Gasteiger partial charge in [0.15, 0.2) is 0 Å². The molecule has 0 aliphatic rings. The van der Waals surface area contributed by atoms with Crippen LogP contribution in [0.15, 0.2) is 24.3 Å². The molecule has 0 aliphatic carbocycles. The zero-order chi connectivity index (χ0) is 21.3. The van der Waals surface area contributed by atoms with Gasteiger partial charge < -0.3 is 15.8 Å². The maximum atomic E-state index is 12.3. The minimum atomic E-state index is -0.282. The highest BCUT2D eigenvalue weighted by molar-refractivity contribution is 5.89. The SMILES string of the molecule is CCCCCCCC(CCCCCCC)NC[C@@H](C)OC(=O)c1ccc(N)cc1. The minimum Gasteiger partial charge on any atom is -0.458 e. The zero-order valence-electron chi connectivity index (χ0n) is 19.1. The molecule has 0 aromatic heterocycles. The van der Waals surface area contributed by atoms with Crippen molar-refractivity contribution in [2.75, 3.05) is 12.3 Å². The first-order valence-electron chi connectivity index (χ1n) is 11.9. The summed E-state index contributed by atoms with van der Waals surface area (Å²) in [7, 11) is 0. The van der Waals surface area contributed by atoms with Crippen LogP contribution in [0.4, 0.5) is 5.69 Å². The van der Waals surface area contributed by atoms with Gasteiger partial charge in [-0.1, -0.05) is 78.1 Å². The highest BCUT2D eigenvalue weighted by atomic mass is 16.5. The van der Waals surface area contributed by atoms with Gasteiger partial charge in [-0.25, -0.2) is 4.79 Å². The molecule has 1 rings (SSSR count). The van der Waals surface area contributed by atoms with E-state index in [9.17, 15) is 4.79 Å². The molecule has 29 heavy (non-hydrogen) atoms. The molecule has 4 nitrogen and oxygen atoms in total. The third-order valence-electron chi connectivity index (χ3n) is 5.46. The third kappa shape index (κ3) is 12.6. The van der Waals surface area contributed by atoms with Crippen molar-refractivity contribution in [3.8, 4) is 0 Å². The molecule has 0 fully saturated rings. The number of carbonyl (C=O) groups excluding carboxylic acids is 1. The molecule has 0 heterocycles. The number of nitrogens with one attached hydrogen (secondary N) is 1. The number of unbranched alkanes of at least 4 members (excludes halogenated alkanes) is 8. The van der Waals surface area contributed by atoms with E-state index in [1.807, 2.05) is 6.92 Å². The number of rotatable bonds is 17. The Kier molecular flexibility index (Phi) is 14.3. The summed E-state index contributed by atoms with van der Waals surface area (Å²) >= 11 is 0. The number of hydrogen-bond acceptors (Lipinski definition) is 4. The van der Waals surface area contributed by atoms with Crippen LogP contribution in [-0.2, 0) is 4.74 Å². The van der Waals surface area contributed by atoms with E-state index in [0.717, 1.165) is 0 Å². The minimum absolute atomic E-state index is 0.150. The molecule has 0 radical (unpaired) electrons. The van der Waals surface area contributed by atoms with E-state index in [1.54, 1.807) is 24.3 Å². The lowest BCUT2D eigenvalue weighted by Gasteiger charge is -2.22. The van der Waals surface area contributed by atoms with Gasteiger partial charge >= 0.3 is 5.97 Å². The predicted octanol–water partition coefficient (Wildman–Crippen LogP) is 6.49.